The van der Waals surface area contributed by atoms with Gasteiger partial charge in [0, 0.05) is 44.0 Å². The van der Waals surface area contributed by atoms with Crippen molar-refractivity contribution in [1.82, 2.24) is 9.62 Å². The molecule has 3 aromatic carbocycles. The second kappa shape index (κ2) is 12.9. The van der Waals surface area contributed by atoms with Gasteiger partial charge in [0.2, 0.25) is 10.0 Å². The number of rotatable bonds is 10. The minimum Gasteiger partial charge on any atom is -0.508 e. The van der Waals surface area contributed by atoms with Gasteiger partial charge in [-0.15, -0.1) is 0 Å². The Morgan fingerprint density at radius 2 is 1.55 bits per heavy atom. The van der Waals surface area contributed by atoms with Gasteiger partial charge in [-0.3, -0.25) is 9.69 Å². The first-order chi connectivity index (χ1) is 19.9. The first-order valence-electron chi connectivity index (χ1n) is 13.1. The Bertz CT molecular complexity index is 1480. The van der Waals surface area contributed by atoms with Gasteiger partial charge in [0.1, 0.15) is 17.2 Å². The van der Waals surface area contributed by atoms with Crippen molar-refractivity contribution in [2.75, 3.05) is 51.1 Å². The van der Waals surface area contributed by atoms with Gasteiger partial charge in [0.05, 0.1) is 32.0 Å². The zero-order valence-corrected chi connectivity index (χ0v) is 24.0. The second-order valence-electron chi connectivity index (χ2n) is 9.83. The predicted octanol–water partition coefficient (Wildman–Crippen LogP) is 4.41. The summed E-state index contributed by atoms with van der Waals surface area (Å²) in [5.74, 6) is -0.692. The van der Waals surface area contributed by atoms with Crippen LogP contribution < -0.4 is 19.1 Å². The second-order valence-corrected chi connectivity index (χ2v) is 11.7. The zero-order chi connectivity index (χ0) is 30.5. The number of nitrogens with zero attached hydrogens (tertiary/aromatic N) is 2. The minimum absolute atomic E-state index is 0.0290. The lowest BCUT2D eigenvalue weighted by Crippen LogP contribution is -2.46. The predicted molar refractivity (Wildman–Crippen MR) is 153 cm³/mol. The van der Waals surface area contributed by atoms with E-state index in [1.165, 1.54) is 12.1 Å². The molecule has 1 aliphatic heterocycles. The zero-order valence-electron chi connectivity index (χ0n) is 23.1. The van der Waals surface area contributed by atoms with Gasteiger partial charge in [0.25, 0.3) is 5.91 Å². The number of aromatic hydroxyl groups is 1. The smallest absolute Gasteiger partial charge is 0.390 e. The number of hydrogen-bond donors (Lipinski definition) is 2. The molecule has 0 saturated carbocycles. The summed E-state index contributed by atoms with van der Waals surface area (Å²) in [5, 5.41) is 9.88. The molecule has 2 N–H and O–H groups in total. The maximum Gasteiger partial charge on any atom is 0.390 e. The number of carbonyl (C=O) groups is 1. The van der Waals surface area contributed by atoms with Gasteiger partial charge in [0.15, 0.2) is 0 Å². The number of phenolic OH excluding ortho intramolecular Hbond substituents is 1. The quantitative estimate of drug-likeness (QED) is 0.349. The number of amides is 1. The standard InChI is InChI=1S/C29H32F3N3O6S/c1-40-26-17-22(21-4-3-5-24(36)16-21)18-27(41-2)25(26)19-34-11-13-35(14-12-34)23-8-6-20(7-9-23)28(37)33-42(38,39)15-10-29(30,31)32/h3-9,16-18,36H,10-15,19H2,1-2H3,(H,33,37). The molecule has 0 radical (unpaired) electrons. The van der Waals surface area contributed by atoms with E-state index in [2.05, 4.69) is 9.80 Å². The molecule has 0 spiro atoms. The lowest BCUT2D eigenvalue weighted by Gasteiger charge is -2.36. The fourth-order valence-electron chi connectivity index (χ4n) is 4.70. The average Bonchev–Trinajstić information content (AvgIpc) is 2.96. The molecular weight excluding hydrogens is 575 g/mol. The summed E-state index contributed by atoms with van der Waals surface area (Å²) in [4.78, 5) is 16.7. The van der Waals surface area contributed by atoms with Crippen LogP contribution in [0.2, 0.25) is 0 Å². The number of methoxy groups -OCH3 is 2. The number of ether oxygens (including phenoxy) is 2. The Kier molecular flexibility index (Phi) is 9.52. The monoisotopic (exact) mass is 607 g/mol. The van der Waals surface area contributed by atoms with Crippen LogP contribution in [0, 0.1) is 0 Å². The number of anilines is 1. The molecule has 13 heteroatoms. The molecular formula is C29H32F3N3O6S. The van der Waals surface area contributed by atoms with E-state index in [-0.39, 0.29) is 11.3 Å². The van der Waals surface area contributed by atoms with Crippen molar-refractivity contribution in [3.8, 4) is 28.4 Å². The third kappa shape index (κ3) is 8.07. The van der Waals surface area contributed by atoms with E-state index in [9.17, 15) is 31.5 Å². The van der Waals surface area contributed by atoms with E-state index in [4.69, 9.17) is 9.47 Å². The SMILES string of the molecule is COc1cc(-c2cccc(O)c2)cc(OC)c1CN1CCN(c2ccc(C(=O)NS(=O)(=O)CCC(F)(F)F)cc2)CC1. The molecule has 1 heterocycles. The number of nitrogens with one attached hydrogen (secondary N) is 1. The van der Waals surface area contributed by atoms with Crippen LogP contribution in [0.1, 0.15) is 22.3 Å². The molecule has 1 amide bonds. The van der Waals surface area contributed by atoms with E-state index in [0.29, 0.717) is 31.1 Å². The van der Waals surface area contributed by atoms with Crippen LogP contribution in [-0.2, 0) is 16.6 Å². The number of carbonyl (C=O) groups excluding carboxylic acids is 1. The maximum atomic E-state index is 12.4. The number of phenols is 1. The molecule has 42 heavy (non-hydrogen) atoms. The van der Waals surface area contributed by atoms with Gasteiger partial charge >= 0.3 is 6.18 Å². The van der Waals surface area contributed by atoms with E-state index >= 15 is 0 Å². The van der Waals surface area contributed by atoms with E-state index in [1.54, 1.807) is 49.3 Å². The maximum absolute atomic E-state index is 12.4. The molecule has 1 aliphatic rings. The van der Waals surface area contributed by atoms with Gasteiger partial charge < -0.3 is 19.5 Å². The van der Waals surface area contributed by atoms with Crippen LogP contribution in [0.25, 0.3) is 11.1 Å². The summed E-state index contributed by atoms with van der Waals surface area (Å²) >= 11 is 0. The van der Waals surface area contributed by atoms with Crippen LogP contribution in [0.5, 0.6) is 17.2 Å². The van der Waals surface area contributed by atoms with Crippen molar-refractivity contribution in [2.45, 2.75) is 19.1 Å². The average molecular weight is 608 g/mol. The lowest BCUT2D eigenvalue weighted by molar-refractivity contribution is -0.130. The van der Waals surface area contributed by atoms with Crippen molar-refractivity contribution in [3.05, 3.63) is 71.8 Å². The van der Waals surface area contributed by atoms with Crippen molar-refractivity contribution < 1.29 is 41.0 Å². The number of hydrogen-bond acceptors (Lipinski definition) is 8. The van der Waals surface area contributed by atoms with Crippen molar-refractivity contribution in [3.63, 3.8) is 0 Å². The van der Waals surface area contributed by atoms with Crippen molar-refractivity contribution in [2.24, 2.45) is 0 Å². The fraction of sp³-hybridized carbons (Fsp3) is 0.345. The summed E-state index contributed by atoms with van der Waals surface area (Å²) < 4.78 is 73.8. The number of alkyl halides is 3. The highest BCUT2D eigenvalue weighted by Crippen LogP contribution is 2.37. The van der Waals surface area contributed by atoms with Gasteiger partial charge in [-0.25, -0.2) is 13.1 Å². The van der Waals surface area contributed by atoms with E-state index in [1.807, 2.05) is 18.2 Å². The highest BCUT2D eigenvalue weighted by Gasteiger charge is 2.30. The number of piperazine rings is 1. The van der Waals surface area contributed by atoms with Crippen LogP contribution in [0.15, 0.2) is 60.7 Å². The minimum atomic E-state index is -4.64. The summed E-state index contributed by atoms with van der Waals surface area (Å²) in [6, 6.07) is 17.0. The lowest BCUT2D eigenvalue weighted by atomic mass is 10.0. The highest BCUT2D eigenvalue weighted by molar-refractivity contribution is 7.90. The Balaban J connectivity index is 1.37. The van der Waals surface area contributed by atoms with E-state index in [0.717, 1.165) is 35.5 Å². The van der Waals surface area contributed by atoms with Crippen LogP contribution in [-0.4, -0.2) is 76.7 Å². The molecule has 0 bridgehead atoms. The van der Waals surface area contributed by atoms with Crippen LogP contribution in [0.4, 0.5) is 18.9 Å². The fourth-order valence-corrected chi connectivity index (χ4v) is 5.71. The van der Waals surface area contributed by atoms with Crippen LogP contribution in [0.3, 0.4) is 0 Å². The molecule has 4 rings (SSSR count). The molecule has 226 valence electrons. The van der Waals surface area contributed by atoms with E-state index < -0.39 is 34.3 Å². The largest absolute Gasteiger partial charge is 0.508 e. The summed E-state index contributed by atoms with van der Waals surface area (Å²) in [6.07, 6.45) is -6.18. The highest BCUT2D eigenvalue weighted by atomic mass is 32.2. The van der Waals surface area contributed by atoms with Crippen LogP contribution >= 0.6 is 0 Å². The molecule has 0 atom stereocenters. The summed E-state index contributed by atoms with van der Waals surface area (Å²) in [6.45, 7) is 3.40. The Hall–Kier alpha value is -3.97. The molecule has 1 saturated heterocycles. The molecule has 0 aromatic heterocycles. The van der Waals surface area contributed by atoms with Gasteiger partial charge in [-0.2, -0.15) is 13.2 Å². The summed E-state index contributed by atoms with van der Waals surface area (Å²) in [7, 11) is -1.21. The Morgan fingerprint density at radius 1 is 0.929 bits per heavy atom. The number of benzene rings is 3. The Labute approximate surface area is 242 Å². The molecule has 1 fully saturated rings. The molecule has 0 unspecified atom stereocenters. The number of halogens is 3. The first-order valence-corrected chi connectivity index (χ1v) is 14.8. The number of sulfonamides is 1. The van der Waals surface area contributed by atoms with Gasteiger partial charge in [-0.1, -0.05) is 12.1 Å². The van der Waals surface area contributed by atoms with Gasteiger partial charge in [-0.05, 0) is 59.7 Å². The molecule has 9 nitrogen and oxygen atoms in total. The third-order valence-electron chi connectivity index (χ3n) is 6.94. The van der Waals surface area contributed by atoms with Crippen molar-refractivity contribution in [1.29, 1.82) is 0 Å². The van der Waals surface area contributed by atoms with Crippen molar-refractivity contribution >= 4 is 21.6 Å². The first kappa shape index (κ1) is 31.0. The topological polar surface area (TPSA) is 108 Å². The molecule has 0 aliphatic carbocycles. The normalized spacial score (nSPS) is 14.5. The Morgan fingerprint density at radius 3 is 2.10 bits per heavy atom. The third-order valence-corrected chi connectivity index (χ3v) is 8.18. The summed E-state index contributed by atoms with van der Waals surface area (Å²) in [5.41, 5.74) is 3.44. The molecule has 3 aromatic rings.